The van der Waals surface area contributed by atoms with E-state index in [1.54, 1.807) is 0 Å². The number of hydrogen-bond donors (Lipinski definition) is 1. The molecule has 0 aliphatic heterocycles. The average molecular weight is 356 g/mol. The van der Waals surface area contributed by atoms with E-state index >= 15 is 0 Å². The summed E-state index contributed by atoms with van der Waals surface area (Å²) in [4.78, 5) is 16.4. The van der Waals surface area contributed by atoms with Crippen LogP contribution in [0.15, 0.2) is 83.5 Å². The summed E-state index contributed by atoms with van der Waals surface area (Å²) in [6.07, 6.45) is 4.89. The summed E-state index contributed by atoms with van der Waals surface area (Å²) < 4.78 is 5.62. The largest absolute Gasteiger partial charge is 0.453 e. The maximum atomic E-state index is 12.3. The zero-order valence-corrected chi connectivity index (χ0v) is 14.9. The van der Waals surface area contributed by atoms with Gasteiger partial charge in [0.25, 0.3) is 0 Å². The molecule has 4 heteroatoms. The third kappa shape index (κ3) is 4.23. The highest BCUT2D eigenvalue weighted by atomic mass is 16.3. The summed E-state index contributed by atoms with van der Waals surface area (Å²) in [5.74, 6) is 0.429. The standard InChI is InChI=1S/C23H20N2O2/c26-21(23-16-19-3-1-2-4-22(19)27-23)11-14-25-20-7-5-17(6-8-20)15-18-9-12-24-13-10-18/h1-10,12-13,16,25H,11,14-15H2. The number of fused-ring (bicyclic) bond motifs is 1. The van der Waals surface area contributed by atoms with Crippen LogP contribution in [0.4, 0.5) is 5.69 Å². The lowest BCUT2D eigenvalue weighted by atomic mass is 10.1. The predicted octanol–water partition coefficient (Wildman–Crippen LogP) is 5.10. The number of benzene rings is 2. The maximum absolute atomic E-state index is 12.3. The van der Waals surface area contributed by atoms with Crippen LogP contribution in [0.5, 0.6) is 0 Å². The Morgan fingerprint density at radius 2 is 1.67 bits per heavy atom. The zero-order chi connectivity index (χ0) is 18.5. The summed E-state index contributed by atoms with van der Waals surface area (Å²) in [6, 6.07) is 21.8. The number of hydrogen-bond acceptors (Lipinski definition) is 4. The van der Waals surface area contributed by atoms with E-state index in [-0.39, 0.29) is 5.78 Å². The molecule has 4 aromatic rings. The van der Waals surface area contributed by atoms with Gasteiger partial charge in [-0.25, -0.2) is 0 Å². The number of rotatable bonds is 7. The Bertz CT molecular complexity index is 1000. The third-order valence-corrected chi connectivity index (χ3v) is 4.49. The molecule has 0 aliphatic carbocycles. The number of para-hydroxylation sites is 1. The van der Waals surface area contributed by atoms with Gasteiger partial charge in [-0.15, -0.1) is 0 Å². The minimum absolute atomic E-state index is 0.00741. The molecule has 0 bridgehead atoms. The molecular formula is C23H20N2O2. The molecule has 0 saturated carbocycles. The van der Waals surface area contributed by atoms with Crippen molar-refractivity contribution < 1.29 is 9.21 Å². The molecule has 2 aromatic heterocycles. The molecule has 4 nitrogen and oxygen atoms in total. The molecule has 27 heavy (non-hydrogen) atoms. The minimum atomic E-state index is 0.00741. The Kier molecular flexibility index (Phi) is 4.97. The van der Waals surface area contributed by atoms with Crippen LogP contribution >= 0.6 is 0 Å². The number of ketones is 1. The van der Waals surface area contributed by atoms with Gasteiger partial charge in [0.15, 0.2) is 11.5 Å². The normalized spacial score (nSPS) is 10.8. The van der Waals surface area contributed by atoms with Crippen molar-refractivity contribution in [3.63, 3.8) is 0 Å². The van der Waals surface area contributed by atoms with Gasteiger partial charge in [-0.2, -0.15) is 0 Å². The number of nitrogens with one attached hydrogen (secondary N) is 1. The van der Waals surface area contributed by atoms with E-state index in [1.807, 2.05) is 67.0 Å². The highest BCUT2D eigenvalue weighted by Crippen LogP contribution is 2.20. The zero-order valence-electron chi connectivity index (χ0n) is 14.9. The highest BCUT2D eigenvalue weighted by Gasteiger charge is 2.11. The molecule has 0 saturated heterocycles. The van der Waals surface area contributed by atoms with Gasteiger partial charge >= 0.3 is 0 Å². The second-order valence-corrected chi connectivity index (χ2v) is 6.48. The van der Waals surface area contributed by atoms with Gasteiger partial charge in [0.1, 0.15) is 5.58 Å². The second-order valence-electron chi connectivity index (χ2n) is 6.48. The van der Waals surface area contributed by atoms with Crippen LogP contribution in [-0.2, 0) is 6.42 Å². The molecule has 0 atom stereocenters. The molecule has 0 amide bonds. The summed E-state index contributed by atoms with van der Waals surface area (Å²) in [7, 11) is 0. The maximum Gasteiger partial charge on any atom is 0.199 e. The molecule has 0 spiro atoms. The van der Waals surface area contributed by atoms with Crippen LogP contribution in [0.1, 0.15) is 28.1 Å². The lowest BCUT2D eigenvalue weighted by Gasteiger charge is -2.07. The first kappa shape index (κ1) is 17.0. The van der Waals surface area contributed by atoms with E-state index in [9.17, 15) is 4.79 Å². The predicted molar refractivity (Wildman–Crippen MR) is 107 cm³/mol. The fourth-order valence-electron chi connectivity index (χ4n) is 3.04. The molecule has 1 N–H and O–H groups in total. The van der Waals surface area contributed by atoms with E-state index in [1.165, 1.54) is 11.1 Å². The topological polar surface area (TPSA) is 55.1 Å². The van der Waals surface area contributed by atoms with Gasteiger partial charge in [0.05, 0.1) is 0 Å². The van der Waals surface area contributed by atoms with Crippen LogP contribution in [-0.4, -0.2) is 17.3 Å². The lowest BCUT2D eigenvalue weighted by Crippen LogP contribution is -2.08. The van der Waals surface area contributed by atoms with E-state index in [4.69, 9.17) is 4.42 Å². The molecule has 0 fully saturated rings. The molecule has 0 radical (unpaired) electrons. The summed E-state index contributed by atoms with van der Waals surface area (Å²) in [5, 5.41) is 4.25. The van der Waals surface area contributed by atoms with Crippen LogP contribution in [0.3, 0.4) is 0 Å². The highest BCUT2D eigenvalue weighted by molar-refractivity contribution is 5.97. The number of pyridine rings is 1. The smallest absolute Gasteiger partial charge is 0.199 e. The van der Waals surface area contributed by atoms with E-state index < -0.39 is 0 Å². The van der Waals surface area contributed by atoms with Gasteiger partial charge in [0.2, 0.25) is 0 Å². The number of furan rings is 1. The van der Waals surface area contributed by atoms with Gasteiger partial charge in [-0.3, -0.25) is 9.78 Å². The Morgan fingerprint density at radius 3 is 2.44 bits per heavy atom. The van der Waals surface area contributed by atoms with Gasteiger partial charge in [-0.05, 0) is 53.9 Å². The fraction of sp³-hybridized carbons (Fsp3) is 0.130. The van der Waals surface area contributed by atoms with Crippen LogP contribution in [0, 0.1) is 0 Å². The minimum Gasteiger partial charge on any atom is -0.453 e. The quantitative estimate of drug-likeness (QED) is 0.468. The van der Waals surface area contributed by atoms with Crippen molar-refractivity contribution >= 4 is 22.4 Å². The van der Waals surface area contributed by atoms with Crippen LogP contribution in [0.2, 0.25) is 0 Å². The molecule has 134 valence electrons. The number of aromatic nitrogens is 1. The van der Waals surface area contributed by atoms with Crippen molar-refractivity contribution in [3.05, 3.63) is 96.0 Å². The number of anilines is 1. The average Bonchev–Trinajstić information content (AvgIpc) is 3.14. The van der Waals surface area contributed by atoms with E-state index in [0.717, 1.165) is 23.1 Å². The third-order valence-electron chi connectivity index (χ3n) is 4.49. The van der Waals surface area contributed by atoms with Gasteiger partial charge < -0.3 is 9.73 Å². The van der Waals surface area contributed by atoms with Crippen molar-refractivity contribution in [1.82, 2.24) is 4.98 Å². The number of nitrogens with zero attached hydrogens (tertiary/aromatic N) is 1. The van der Waals surface area contributed by atoms with E-state index in [2.05, 4.69) is 22.4 Å². The number of Topliss-reactive ketones (excluding diaryl/α,β-unsaturated/α-hetero) is 1. The van der Waals surface area contributed by atoms with Crippen LogP contribution in [0.25, 0.3) is 11.0 Å². The first-order chi connectivity index (χ1) is 13.3. The SMILES string of the molecule is O=C(CCNc1ccc(Cc2ccncc2)cc1)c1cc2ccccc2o1. The van der Waals surface area contributed by atoms with Gasteiger partial charge in [0, 0.05) is 36.4 Å². The number of carbonyl (C=O) groups excluding carboxylic acids is 1. The van der Waals surface area contributed by atoms with Crippen molar-refractivity contribution in [3.8, 4) is 0 Å². The monoisotopic (exact) mass is 356 g/mol. The van der Waals surface area contributed by atoms with Crippen molar-refractivity contribution in [2.75, 3.05) is 11.9 Å². The second kappa shape index (κ2) is 7.87. The first-order valence-corrected chi connectivity index (χ1v) is 9.01. The van der Waals surface area contributed by atoms with E-state index in [0.29, 0.717) is 18.7 Å². The first-order valence-electron chi connectivity index (χ1n) is 9.01. The lowest BCUT2D eigenvalue weighted by molar-refractivity contribution is 0.0962. The Balaban J connectivity index is 1.30. The van der Waals surface area contributed by atoms with Gasteiger partial charge in [-0.1, -0.05) is 30.3 Å². The Hall–Kier alpha value is -3.40. The molecule has 2 heterocycles. The van der Waals surface area contributed by atoms with Crippen LogP contribution < -0.4 is 5.32 Å². The fourth-order valence-corrected chi connectivity index (χ4v) is 3.04. The molecule has 0 unspecified atom stereocenters. The van der Waals surface area contributed by atoms with Crippen molar-refractivity contribution in [2.24, 2.45) is 0 Å². The molecular weight excluding hydrogens is 336 g/mol. The molecule has 4 rings (SSSR count). The number of carbonyl (C=O) groups is 1. The Labute approximate surface area is 157 Å². The summed E-state index contributed by atoms with van der Waals surface area (Å²) in [5.41, 5.74) is 4.23. The Morgan fingerprint density at radius 1 is 0.926 bits per heavy atom. The summed E-state index contributed by atoms with van der Waals surface area (Å²) in [6.45, 7) is 0.569. The molecule has 2 aromatic carbocycles. The molecule has 0 aliphatic rings. The van der Waals surface area contributed by atoms with Crippen molar-refractivity contribution in [2.45, 2.75) is 12.8 Å². The summed E-state index contributed by atoms with van der Waals surface area (Å²) >= 11 is 0. The van der Waals surface area contributed by atoms with Crippen molar-refractivity contribution in [1.29, 1.82) is 0 Å².